The van der Waals surface area contributed by atoms with Crippen LogP contribution in [0.5, 0.6) is 5.75 Å². The van der Waals surface area contributed by atoms with Gasteiger partial charge >= 0.3 is 5.97 Å². The number of aromatic carboxylic acids is 1. The van der Waals surface area contributed by atoms with Gasteiger partial charge in [0.05, 0.1) is 12.2 Å². The van der Waals surface area contributed by atoms with Crippen LogP contribution in [-0.2, 0) is 9.53 Å². The lowest BCUT2D eigenvalue weighted by Gasteiger charge is -2.27. The molecule has 0 fully saturated rings. The van der Waals surface area contributed by atoms with E-state index in [9.17, 15) is 14.0 Å². The van der Waals surface area contributed by atoms with Crippen LogP contribution in [0, 0.1) is 5.82 Å². The molecule has 1 rings (SSSR count). The molecule has 0 aromatic heterocycles. The van der Waals surface area contributed by atoms with Gasteiger partial charge in [0.15, 0.2) is 0 Å². The van der Waals surface area contributed by atoms with Crippen LogP contribution < -0.4 is 10.1 Å². The first-order valence-corrected chi connectivity index (χ1v) is 6.76. The molecule has 1 atom stereocenters. The monoisotopic (exact) mass is 313 g/mol. The number of ether oxygens (including phenoxy) is 2. The molecule has 2 N–H and O–H groups in total. The van der Waals surface area contributed by atoms with Crippen molar-refractivity contribution in [2.24, 2.45) is 0 Å². The summed E-state index contributed by atoms with van der Waals surface area (Å²) in [5, 5.41) is 11.5. The van der Waals surface area contributed by atoms with Crippen LogP contribution in [-0.4, -0.2) is 35.9 Å². The standard InChI is InChI=1S/C15H20FNO5/c1-15(2,3)22-13(17-9-18)6-7-21-12-8-10(16)4-5-11(12)14(19)20/h4-5,8-9,13H,6-7H2,1-3H3,(H,17,18)(H,19,20). The largest absolute Gasteiger partial charge is 0.492 e. The Morgan fingerprint density at radius 2 is 2.14 bits per heavy atom. The molecule has 6 nitrogen and oxygen atoms in total. The summed E-state index contributed by atoms with van der Waals surface area (Å²) in [6.07, 6.45) is 0.215. The average molecular weight is 313 g/mol. The smallest absolute Gasteiger partial charge is 0.339 e. The molecule has 0 aliphatic heterocycles. The van der Waals surface area contributed by atoms with E-state index in [1.54, 1.807) is 0 Å². The van der Waals surface area contributed by atoms with Crippen molar-refractivity contribution in [2.75, 3.05) is 6.61 Å². The predicted molar refractivity (Wildman–Crippen MR) is 77.3 cm³/mol. The summed E-state index contributed by atoms with van der Waals surface area (Å²) in [5.41, 5.74) is -0.593. The Morgan fingerprint density at radius 3 is 2.68 bits per heavy atom. The summed E-state index contributed by atoms with van der Waals surface area (Å²) in [6, 6.07) is 3.20. The SMILES string of the molecule is CC(C)(C)OC(CCOc1cc(F)ccc1C(=O)O)NC=O. The number of rotatable bonds is 8. The summed E-state index contributed by atoms with van der Waals surface area (Å²) in [6.45, 7) is 5.57. The van der Waals surface area contributed by atoms with E-state index in [2.05, 4.69) is 5.32 Å². The molecule has 7 heteroatoms. The highest BCUT2D eigenvalue weighted by molar-refractivity contribution is 5.90. The minimum Gasteiger partial charge on any atom is -0.492 e. The highest BCUT2D eigenvalue weighted by atomic mass is 19.1. The van der Waals surface area contributed by atoms with E-state index >= 15 is 0 Å². The van der Waals surface area contributed by atoms with E-state index in [-0.39, 0.29) is 24.3 Å². The van der Waals surface area contributed by atoms with E-state index in [4.69, 9.17) is 14.6 Å². The Hall–Kier alpha value is -2.15. The molecule has 22 heavy (non-hydrogen) atoms. The molecule has 0 aliphatic carbocycles. The summed E-state index contributed by atoms with van der Waals surface area (Å²) in [7, 11) is 0. The van der Waals surface area contributed by atoms with Gasteiger partial charge in [-0.15, -0.1) is 0 Å². The molecule has 122 valence electrons. The summed E-state index contributed by atoms with van der Waals surface area (Å²) >= 11 is 0. The maximum atomic E-state index is 13.2. The normalized spacial score (nSPS) is 12.5. The Kier molecular flexibility index (Phi) is 6.30. The van der Waals surface area contributed by atoms with E-state index in [1.165, 1.54) is 0 Å². The molecule has 1 aromatic carbocycles. The Morgan fingerprint density at radius 1 is 1.45 bits per heavy atom. The van der Waals surface area contributed by atoms with Crippen molar-refractivity contribution in [2.45, 2.75) is 39.0 Å². The van der Waals surface area contributed by atoms with Gasteiger partial charge in [-0.05, 0) is 32.9 Å². The van der Waals surface area contributed by atoms with Gasteiger partial charge in [0.1, 0.15) is 23.4 Å². The number of carbonyl (C=O) groups excluding carboxylic acids is 1. The molecule has 1 aromatic rings. The third kappa shape index (κ3) is 6.09. The van der Waals surface area contributed by atoms with E-state index in [0.717, 1.165) is 18.2 Å². The quantitative estimate of drug-likeness (QED) is 0.567. The maximum absolute atomic E-state index is 13.2. The van der Waals surface area contributed by atoms with Gasteiger partial charge in [-0.1, -0.05) is 0 Å². The van der Waals surface area contributed by atoms with Crippen molar-refractivity contribution in [1.82, 2.24) is 5.32 Å². The lowest BCUT2D eigenvalue weighted by molar-refractivity contribution is -0.121. The number of halogens is 1. The maximum Gasteiger partial charge on any atom is 0.339 e. The zero-order valence-electron chi connectivity index (χ0n) is 12.8. The fourth-order valence-corrected chi connectivity index (χ4v) is 1.75. The highest BCUT2D eigenvalue weighted by Crippen LogP contribution is 2.20. The van der Waals surface area contributed by atoms with Crippen molar-refractivity contribution in [3.05, 3.63) is 29.6 Å². The van der Waals surface area contributed by atoms with E-state index in [0.29, 0.717) is 6.41 Å². The topological polar surface area (TPSA) is 84.9 Å². The van der Waals surface area contributed by atoms with Crippen molar-refractivity contribution < 1.29 is 28.6 Å². The van der Waals surface area contributed by atoms with E-state index in [1.807, 2.05) is 20.8 Å². The number of carbonyl (C=O) groups is 2. The van der Waals surface area contributed by atoms with Gasteiger partial charge in [0.2, 0.25) is 6.41 Å². The van der Waals surface area contributed by atoms with E-state index < -0.39 is 23.6 Å². The molecule has 0 aliphatic rings. The fourth-order valence-electron chi connectivity index (χ4n) is 1.75. The lowest BCUT2D eigenvalue weighted by atomic mass is 10.2. The van der Waals surface area contributed by atoms with Crippen molar-refractivity contribution in [3.63, 3.8) is 0 Å². The summed E-state index contributed by atoms with van der Waals surface area (Å²) in [4.78, 5) is 21.6. The number of carboxylic acid groups (broad SMARTS) is 1. The van der Waals surface area contributed by atoms with Crippen molar-refractivity contribution >= 4 is 12.4 Å². The number of hydrogen-bond acceptors (Lipinski definition) is 4. The molecular weight excluding hydrogens is 293 g/mol. The zero-order valence-corrected chi connectivity index (χ0v) is 12.8. The van der Waals surface area contributed by atoms with Crippen LogP contribution >= 0.6 is 0 Å². The Labute approximate surface area is 128 Å². The third-order valence-electron chi connectivity index (χ3n) is 2.56. The van der Waals surface area contributed by atoms with Crippen LogP contribution in [0.3, 0.4) is 0 Å². The second kappa shape index (κ2) is 7.74. The fraction of sp³-hybridized carbons (Fsp3) is 0.467. The molecule has 1 unspecified atom stereocenters. The Bertz CT molecular complexity index is 527. The second-order valence-corrected chi connectivity index (χ2v) is 5.59. The molecular formula is C15H20FNO5. The molecule has 0 radical (unpaired) electrons. The third-order valence-corrected chi connectivity index (χ3v) is 2.56. The molecule has 1 amide bonds. The second-order valence-electron chi connectivity index (χ2n) is 5.59. The van der Waals surface area contributed by atoms with Gasteiger partial charge in [0.25, 0.3) is 0 Å². The van der Waals surface area contributed by atoms with Crippen molar-refractivity contribution in [3.8, 4) is 5.75 Å². The lowest BCUT2D eigenvalue weighted by Crippen LogP contribution is -2.38. The number of amides is 1. The zero-order chi connectivity index (χ0) is 16.8. The highest BCUT2D eigenvalue weighted by Gasteiger charge is 2.19. The number of nitrogens with one attached hydrogen (secondary N) is 1. The number of benzene rings is 1. The number of hydrogen-bond donors (Lipinski definition) is 2. The average Bonchev–Trinajstić information content (AvgIpc) is 2.36. The molecule has 0 heterocycles. The van der Waals surface area contributed by atoms with Crippen LogP contribution in [0.15, 0.2) is 18.2 Å². The van der Waals surface area contributed by atoms with Crippen LogP contribution in [0.4, 0.5) is 4.39 Å². The first kappa shape index (κ1) is 17.9. The van der Waals surface area contributed by atoms with Crippen molar-refractivity contribution in [1.29, 1.82) is 0 Å². The van der Waals surface area contributed by atoms with Gasteiger partial charge in [0, 0.05) is 12.5 Å². The minimum atomic E-state index is -1.21. The predicted octanol–water partition coefficient (Wildman–Crippen LogP) is 2.18. The van der Waals surface area contributed by atoms with Crippen LogP contribution in [0.2, 0.25) is 0 Å². The van der Waals surface area contributed by atoms with Gasteiger partial charge in [-0.25, -0.2) is 9.18 Å². The molecule has 0 spiro atoms. The van der Waals surface area contributed by atoms with Gasteiger partial charge in [-0.3, -0.25) is 4.79 Å². The summed E-state index contributed by atoms with van der Waals surface area (Å²) in [5.74, 6) is -1.86. The first-order valence-electron chi connectivity index (χ1n) is 6.76. The minimum absolute atomic E-state index is 0.0608. The van der Waals surface area contributed by atoms with Gasteiger partial charge < -0.3 is 19.9 Å². The van der Waals surface area contributed by atoms with Gasteiger partial charge in [-0.2, -0.15) is 0 Å². The first-order chi connectivity index (χ1) is 10.2. The molecule has 0 saturated heterocycles. The summed E-state index contributed by atoms with van der Waals surface area (Å²) < 4.78 is 24.1. The molecule has 0 saturated carbocycles. The molecule has 0 bridgehead atoms. The van der Waals surface area contributed by atoms with Crippen LogP contribution in [0.1, 0.15) is 37.6 Å². The Balaban J connectivity index is 2.67. The number of carboxylic acids is 1. The van der Waals surface area contributed by atoms with Crippen LogP contribution in [0.25, 0.3) is 0 Å².